The standard InChI is InChI=1S/C25H32FN7O2/c1-32-7-9-33(10-8-32)20-6-5-18(12-17(20)14-35-2)29-25-28-13-19(26)24(31-25)30-22-16-4-3-15(11-16)21(22)23(27)34/h3-6,12-13,15-16,21-22H,7-11,14H2,1-2H3,(H2,27,34)(H2,28,29,30,31). The van der Waals surface area contributed by atoms with E-state index in [2.05, 4.69) is 49.6 Å². The van der Waals surface area contributed by atoms with E-state index in [1.54, 1.807) is 7.11 Å². The van der Waals surface area contributed by atoms with Crippen LogP contribution in [0.4, 0.5) is 27.5 Å². The predicted molar refractivity (Wildman–Crippen MR) is 133 cm³/mol. The average Bonchev–Trinajstić information content (AvgIpc) is 3.44. The summed E-state index contributed by atoms with van der Waals surface area (Å²) in [5.41, 5.74) is 8.63. The zero-order chi connectivity index (χ0) is 24.5. The molecule has 1 amide bonds. The molecule has 186 valence electrons. The Hall–Kier alpha value is -3.24. The van der Waals surface area contributed by atoms with Crippen LogP contribution in [0.5, 0.6) is 0 Å². The third kappa shape index (κ3) is 4.81. The molecule has 2 heterocycles. The van der Waals surface area contributed by atoms with Crippen LogP contribution in [0.1, 0.15) is 12.0 Å². The van der Waals surface area contributed by atoms with Crippen molar-refractivity contribution < 1.29 is 13.9 Å². The molecule has 0 spiro atoms. The molecular weight excluding hydrogens is 449 g/mol. The number of carbonyl (C=O) groups excluding carboxylic acids is 1. The van der Waals surface area contributed by atoms with Crippen LogP contribution in [0.3, 0.4) is 0 Å². The summed E-state index contributed by atoms with van der Waals surface area (Å²) >= 11 is 0. The molecule has 2 aliphatic carbocycles. The molecule has 4 atom stereocenters. The van der Waals surface area contributed by atoms with Gasteiger partial charge in [0.15, 0.2) is 11.6 Å². The van der Waals surface area contributed by atoms with E-state index >= 15 is 0 Å². The number of piperazine rings is 1. The van der Waals surface area contributed by atoms with E-state index in [9.17, 15) is 9.18 Å². The number of nitrogens with two attached hydrogens (primary N) is 1. The number of anilines is 4. The van der Waals surface area contributed by atoms with Crippen LogP contribution in [0.15, 0.2) is 36.5 Å². The van der Waals surface area contributed by atoms with Crippen molar-refractivity contribution in [1.29, 1.82) is 0 Å². The number of hydrogen-bond donors (Lipinski definition) is 3. The van der Waals surface area contributed by atoms with E-state index in [-0.39, 0.29) is 41.5 Å². The third-order valence-corrected chi connectivity index (χ3v) is 7.31. The number of benzene rings is 1. The first kappa shape index (κ1) is 23.5. The van der Waals surface area contributed by atoms with Gasteiger partial charge >= 0.3 is 0 Å². The number of allylic oxidation sites excluding steroid dienone is 1. The normalized spacial score (nSPS) is 25.7. The Morgan fingerprint density at radius 3 is 2.74 bits per heavy atom. The molecule has 35 heavy (non-hydrogen) atoms. The fourth-order valence-corrected chi connectivity index (χ4v) is 5.51. The summed E-state index contributed by atoms with van der Waals surface area (Å²) < 4.78 is 20.1. The lowest BCUT2D eigenvalue weighted by Crippen LogP contribution is -2.44. The summed E-state index contributed by atoms with van der Waals surface area (Å²) in [5.74, 6) is -0.786. The van der Waals surface area contributed by atoms with E-state index in [1.807, 2.05) is 18.2 Å². The van der Waals surface area contributed by atoms with Gasteiger partial charge in [-0.05, 0) is 43.5 Å². The number of nitrogens with one attached hydrogen (secondary N) is 2. The molecule has 1 aliphatic heterocycles. The Balaban J connectivity index is 1.34. The van der Waals surface area contributed by atoms with Crippen LogP contribution in [0, 0.1) is 23.6 Å². The summed E-state index contributed by atoms with van der Waals surface area (Å²) in [6.07, 6.45) is 6.07. The summed E-state index contributed by atoms with van der Waals surface area (Å²) in [7, 11) is 3.81. The minimum absolute atomic E-state index is 0.0610. The van der Waals surface area contributed by atoms with Crippen molar-refractivity contribution in [3.8, 4) is 0 Å². The van der Waals surface area contributed by atoms with Crippen molar-refractivity contribution in [1.82, 2.24) is 14.9 Å². The second-order valence-electron chi connectivity index (χ2n) is 9.63. The molecule has 4 unspecified atom stereocenters. The molecular formula is C25H32FN7O2. The van der Waals surface area contributed by atoms with E-state index in [4.69, 9.17) is 10.5 Å². The SMILES string of the molecule is COCc1cc(Nc2ncc(F)c(NC3C4C=CC(C4)C3C(N)=O)n2)ccc1N1CCN(C)CC1. The highest BCUT2D eigenvalue weighted by Gasteiger charge is 2.47. The first-order valence-corrected chi connectivity index (χ1v) is 12.0. The predicted octanol–water partition coefficient (Wildman–Crippen LogP) is 2.35. The third-order valence-electron chi connectivity index (χ3n) is 7.31. The van der Waals surface area contributed by atoms with Crippen molar-refractivity contribution >= 4 is 29.0 Å². The highest BCUT2D eigenvalue weighted by molar-refractivity contribution is 5.79. The zero-order valence-corrected chi connectivity index (χ0v) is 20.1. The Kier molecular flexibility index (Phi) is 6.57. The molecule has 1 aromatic carbocycles. The van der Waals surface area contributed by atoms with Crippen molar-refractivity contribution in [2.45, 2.75) is 19.1 Å². The molecule has 2 aromatic rings. The van der Waals surface area contributed by atoms with Gasteiger partial charge in [-0.25, -0.2) is 9.37 Å². The molecule has 4 N–H and O–H groups in total. The lowest BCUT2D eigenvalue weighted by atomic mass is 9.88. The number of aromatic nitrogens is 2. The van der Waals surface area contributed by atoms with E-state index in [0.717, 1.165) is 55.7 Å². The highest BCUT2D eigenvalue weighted by Crippen LogP contribution is 2.45. The first-order valence-electron chi connectivity index (χ1n) is 12.0. The minimum Gasteiger partial charge on any atom is -0.380 e. The molecule has 1 aromatic heterocycles. The molecule has 5 rings (SSSR count). The second-order valence-corrected chi connectivity index (χ2v) is 9.63. The number of amides is 1. The number of fused-ring (bicyclic) bond motifs is 2. The monoisotopic (exact) mass is 481 g/mol. The number of likely N-dealkylation sites (N-methyl/N-ethyl adjacent to an activating group) is 1. The number of carbonyl (C=O) groups is 1. The maximum Gasteiger partial charge on any atom is 0.229 e. The molecule has 2 bridgehead atoms. The number of rotatable bonds is 8. The van der Waals surface area contributed by atoms with E-state index < -0.39 is 5.82 Å². The molecule has 1 saturated carbocycles. The number of halogens is 1. The number of hydrogen-bond acceptors (Lipinski definition) is 8. The first-order chi connectivity index (χ1) is 16.9. The molecule has 2 fully saturated rings. The topological polar surface area (TPSA) is 109 Å². The van der Waals surface area contributed by atoms with Gasteiger partial charge in [-0.1, -0.05) is 12.2 Å². The summed E-state index contributed by atoms with van der Waals surface area (Å²) in [5, 5.41) is 6.32. The molecule has 9 nitrogen and oxygen atoms in total. The highest BCUT2D eigenvalue weighted by atomic mass is 19.1. The van der Waals surface area contributed by atoms with Crippen LogP contribution in [-0.2, 0) is 16.1 Å². The molecule has 0 radical (unpaired) electrons. The largest absolute Gasteiger partial charge is 0.380 e. The van der Waals surface area contributed by atoms with Gasteiger partial charge in [0.2, 0.25) is 11.9 Å². The number of methoxy groups -OCH3 is 1. The van der Waals surface area contributed by atoms with E-state index in [1.165, 1.54) is 0 Å². The van der Waals surface area contributed by atoms with Crippen molar-refractivity contribution in [3.05, 3.63) is 47.9 Å². The fourth-order valence-electron chi connectivity index (χ4n) is 5.51. The fraction of sp³-hybridized carbons (Fsp3) is 0.480. The number of ether oxygens (including phenoxy) is 1. The maximum absolute atomic E-state index is 14.6. The van der Waals surface area contributed by atoms with Gasteiger partial charge < -0.3 is 30.9 Å². The van der Waals surface area contributed by atoms with Crippen LogP contribution in [0.2, 0.25) is 0 Å². The quantitative estimate of drug-likeness (QED) is 0.493. The second kappa shape index (κ2) is 9.79. The number of primary amides is 1. The smallest absolute Gasteiger partial charge is 0.229 e. The summed E-state index contributed by atoms with van der Waals surface area (Å²) in [6.45, 7) is 4.42. The van der Waals surface area contributed by atoms with Gasteiger partial charge in [0.25, 0.3) is 0 Å². The van der Waals surface area contributed by atoms with Crippen molar-refractivity contribution in [2.75, 3.05) is 55.9 Å². The molecule has 3 aliphatic rings. The van der Waals surface area contributed by atoms with Gasteiger partial charge in [0.05, 0.1) is 18.7 Å². The lowest BCUT2D eigenvalue weighted by molar-refractivity contribution is -0.122. The van der Waals surface area contributed by atoms with Crippen molar-refractivity contribution in [2.24, 2.45) is 23.5 Å². The van der Waals surface area contributed by atoms with E-state index in [0.29, 0.717) is 6.61 Å². The van der Waals surface area contributed by atoms with Gasteiger partial charge in [-0.2, -0.15) is 4.98 Å². The number of nitrogens with zero attached hydrogens (tertiary/aromatic N) is 4. The summed E-state index contributed by atoms with van der Waals surface area (Å²) in [6, 6.07) is 5.78. The van der Waals surface area contributed by atoms with Crippen molar-refractivity contribution in [3.63, 3.8) is 0 Å². The Labute approximate surface area is 204 Å². The van der Waals surface area contributed by atoms with Gasteiger partial charge in [0.1, 0.15) is 0 Å². The Bertz CT molecular complexity index is 1120. The lowest BCUT2D eigenvalue weighted by Gasteiger charge is -2.35. The van der Waals surface area contributed by atoms with Gasteiger partial charge in [-0.3, -0.25) is 4.79 Å². The Morgan fingerprint density at radius 2 is 2.00 bits per heavy atom. The van der Waals surface area contributed by atoms with Crippen LogP contribution >= 0.6 is 0 Å². The van der Waals surface area contributed by atoms with Gasteiger partial charge in [-0.15, -0.1) is 0 Å². The maximum atomic E-state index is 14.6. The van der Waals surface area contributed by atoms with Crippen LogP contribution in [0.25, 0.3) is 0 Å². The zero-order valence-electron chi connectivity index (χ0n) is 20.1. The molecule has 1 saturated heterocycles. The van der Waals surface area contributed by atoms with Gasteiger partial charge in [0, 0.05) is 56.3 Å². The summed E-state index contributed by atoms with van der Waals surface area (Å²) in [4.78, 5) is 25.2. The molecule has 10 heteroatoms. The minimum atomic E-state index is -0.573. The Morgan fingerprint density at radius 1 is 1.23 bits per heavy atom. The van der Waals surface area contributed by atoms with Crippen LogP contribution in [-0.4, -0.2) is 67.2 Å². The van der Waals surface area contributed by atoms with Crippen LogP contribution < -0.4 is 21.3 Å². The average molecular weight is 482 g/mol.